The second-order valence-corrected chi connectivity index (χ2v) is 9.94. The molecule has 0 amide bonds. The molecular weight excluding hydrogens is 468 g/mol. The predicted molar refractivity (Wildman–Crippen MR) is 133 cm³/mol. The van der Waals surface area contributed by atoms with Gasteiger partial charge in [-0.25, -0.2) is 22.2 Å². The van der Waals surface area contributed by atoms with Crippen LogP contribution < -0.4 is 4.72 Å². The van der Waals surface area contributed by atoms with Crippen molar-refractivity contribution in [3.63, 3.8) is 0 Å². The molecule has 0 fully saturated rings. The van der Waals surface area contributed by atoms with Gasteiger partial charge in [-0.15, -0.1) is 0 Å². The molecule has 0 bridgehead atoms. The maximum Gasteiger partial charge on any atom is 0.261 e. The number of aryl methyl sites for hydroxylation is 1. The molecule has 8 heteroatoms. The van der Waals surface area contributed by atoms with E-state index in [1.807, 2.05) is 37.3 Å². The fourth-order valence-electron chi connectivity index (χ4n) is 3.91. The van der Waals surface area contributed by atoms with Crippen LogP contribution in [0.15, 0.2) is 95.9 Å². The zero-order valence-electron chi connectivity index (χ0n) is 18.7. The first kappa shape index (κ1) is 22.7. The van der Waals surface area contributed by atoms with E-state index in [1.165, 1.54) is 5.56 Å². The quantitative estimate of drug-likeness (QED) is 0.312. The average molecular weight is 490 g/mol. The van der Waals surface area contributed by atoms with E-state index in [2.05, 4.69) is 33.6 Å². The molecule has 0 aliphatic heterocycles. The van der Waals surface area contributed by atoms with Gasteiger partial charge >= 0.3 is 0 Å². The number of para-hydroxylation sites is 2. The third kappa shape index (κ3) is 4.65. The number of nitrogens with zero attached hydrogens (tertiary/aromatic N) is 2. The molecule has 1 heterocycles. The van der Waals surface area contributed by atoms with Crippen LogP contribution in [0.1, 0.15) is 11.1 Å². The molecule has 0 saturated carbocycles. The Morgan fingerprint density at radius 3 is 2.40 bits per heavy atom. The lowest BCUT2D eigenvalue weighted by molar-refractivity contribution is 0.504. The summed E-state index contributed by atoms with van der Waals surface area (Å²) < 4.78 is 56.9. The molecule has 5 rings (SSSR count). The Balaban J connectivity index is 1.53. The molecule has 0 aliphatic rings. The molecule has 0 aliphatic carbocycles. The van der Waals surface area contributed by atoms with E-state index in [-0.39, 0.29) is 10.6 Å². The van der Waals surface area contributed by atoms with Crippen molar-refractivity contribution in [2.24, 2.45) is 0 Å². The number of imidazole rings is 1. The van der Waals surface area contributed by atoms with Gasteiger partial charge < -0.3 is 4.57 Å². The van der Waals surface area contributed by atoms with Crippen molar-refractivity contribution in [3.8, 4) is 11.4 Å². The van der Waals surface area contributed by atoms with Gasteiger partial charge in [0.1, 0.15) is 5.82 Å². The molecule has 0 radical (unpaired) electrons. The Kier molecular flexibility index (Phi) is 5.82. The van der Waals surface area contributed by atoms with Crippen LogP contribution in [0.3, 0.4) is 0 Å². The summed E-state index contributed by atoms with van der Waals surface area (Å²) in [5.41, 5.74) is 5.04. The first-order valence-electron chi connectivity index (χ1n) is 10.9. The van der Waals surface area contributed by atoms with Crippen molar-refractivity contribution in [1.82, 2.24) is 9.55 Å². The highest BCUT2D eigenvalue weighted by atomic mass is 32.2. The monoisotopic (exact) mass is 489 g/mol. The fraction of sp³-hybridized carbons (Fsp3) is 0.0741. The molecule has 0 saturated heterocycles. The topological polar surface area (TPSA) is 64.0 Å². The Labute approximate surface area is 201 Å². The lowest BCUT2D eigenvalue weighted by Gasteiger charge is -2.12. The van der Waals surface area contributed by atoms with Crippen LogP contribution >= 0.6 is 0 Å². The Hall–Kier alpha value is -4.04. The Morgan fingerprint density at radius 2 is 1.63 bits per heavy atom. The van der Waals surface area contributed by atoms with E-state index in [4.69, 9.17) is 4.98 Å². The molecule has 176 valence electrons. The zero-order chi connectivity index (χ0) is 24.6. The summed E-state index contributed by atoms with van der Waals surface area (Å²) in [6.45, 7) is 2.62. The normalized spacial score (nSPS) is 11.6. The second-order valence-electron chi connectivity index (χ2n) is 8.26. The highest BCUT2D eigenvalue weighted by Crippen LogP contribution is 2.29. The number of anilines is 1. The maximum atomic E-state index is 13.6. The number of hydrogen-bond donors (Lipinski definition) is 1. The number of halogens is 2. The molecule has 0 atom stereocenters. The highest BCUT2D eigenvalue weighted by Gasteiger charge is 2.18. The van der Waals surface area contributed by atoms with Crippen molar-refractivity contribution in [1.29, 1.82) is 0 Å². The highest BCUT2D eigenvalue weighted by molar-refractivity contribution is 7.92. The number of fused-ring (bicyclic) bond motifs is 1. The predicted octanol–water partition coefficient (Wildman–Crippen LogP) is 6.14. The number of hydrogen-bond acceptors (Lipinski definition) is 3. The zero-order valence-corrected chi connectivity index (χ0v) is 19.6. The molecule has 1 aromatic heterocycles. The molecule has 4 aromatic carbocycles. The van der Waals surface area contributed by atoms with Crippen molar-refractivity contribution in [2.45, 2.75) is 18.4 Å². The summed E-state index contributed by atoms with van der Waals surface area (Å²) in [7, 11) is -4.12. The van der Waals surface area contributed by atoms with E-state index < -0.39 is 21.7 Å². The van der Waals surface area contributed by atoms with Gasteiger partial charge in [-0.2, -0.15) is 0 Å². The van der Waals surface area contributed by atoms with Crippen molar-refractivity contribution in [2.75, 3.05) is 4.72 Å². The summed E-state index contributed by atoms with van der Waals surface area (Å²) in [4.78, 5) is 4.44. The molecule has 0 spiro atoms. The van der Waals surface area contributed by atoms with Crippen LogP contribution in [0.5, 0.6) is 0 Å². The van der Waals surface area contributed by atoms with E-state index >= 15 is 0 Å². The summed E-state index contributed by atoms with van der Waals surface area (Å²) in [6.07, 6.45) is 0. The molecular formula is C27H21F2N3O2S. The van der Waals surface area contributed by atoms with Crippen LogP contribution in [0.4, 0.5) is 14.5 Å². The Bertz CT molecular complexity index is 1650. The summed E-state index contributed by atoms with van der Waals surface area (Å²) in [6, 6.07) is 25.3. The SMILES string of the molecule is Cc1ccc(Cn2c(-c3cccc(NS(=O)(=O)c4ccc(F)c(F)c4)c3)nc3ccccc32)cc1. The van der Waals surface area contributed by atoms with Gasteiger partial charge in [0.25, 0.3) is 10.0 Å². The maximum absolute atomic E-state index is 13.6. The minimum Gasteiger partial charge on any atom is -0.319 e. The minimum absolute atomic E-state index is 0.279. The van der Waals surface area contributed by atoms with Crippen LogP contribution in [0.2, 0.25) is 0 Å². The standard InChI is InChI=1S/C27H21F2N3O2S/c1-18-9-11-19(12-10-18)17-32-26-8-3-2-7-25(26)30-27(32)20-5-4-6-21(15-20)31-35(33,34)22-13-14-23(28)24(29)16-22/h2-16,31H,17H2,1H3. The lowest BCUT2D eigenvalue weighted by Crippen LogP contribution is -2.13. The van der Waals surface area contributed by atoms with Crippen molar-refractivity contribution < 1.29 is 17.2 Å². The van der Waals surface area contributed by atoms with Gasteiger partial charge in [0, 0.05) is 17.8 Å². The number of sulfonamides is 1. The number of aromatic nitrogens is 2. The third-order valence-electron chi connectivity index (χ3n) is 5.69. The molecule has 5 nitrogen and oxygen atoms in total. The van der Waals surface area contributed by atoms with Gasteiger partial charge in [-0.1, -0.05) is 54.1 Å². The van der Waals surface area contributed by atoms with Gasteiger partial charge in [0.15, 0.2) is 11.6 Å². The van der Waals surface area contributed by atoms with Crippen LogP contribution in [-0.2, 0) is 16.6 Å². The number of rotatable bonds is 6. The van der Waals surface area contributed by atoms with Crippen molar-refractivity contribution in [3.05, 3.63) is 114 Å². The first-order chi connectivity index (χ1) is 16.8. The average Bonchev–Trinajstić information content (AvgIpc) is 3.20. The van der Waals surface area contributed by atoms with E-state index in [9.17, 15) is 17.2 Å². The number of nitrogens with one attached hydrogen (secondary N) is 1. The summed E-state index contributed by atoms with van der Waals surface area (Å²) >= 11 is 0. The van der Waals surface area contributed by atoms with Gasteiger partial charge in [-0.3, -0.25) is 4.72 Å². The van der Waals surface area contributed by atoms with Gasteiger partial charge in [-0.05, 0) is 55.0 Å². The first-order valence-corrected chi connectivity index (χ1v) is 12.4. The van der Waals surface area contributed by atoms with Crippen LogP contribution in [0.25, 0.3) is 22.4 Å². The smallest absolute Gasteiger partial charge is 0.261 e. The van der Waals surface area contributed by atoms with Crippen LogP contribution in [0, 0.1) is 18.6 Å². The van der Waals surface area contributed by atoms with Gasteiger partial charge in [0.2, 0.25) is 0 Å². The minimum atomic E-state index is -4.12. The van der Waals surface area contributed by atoms with Crippen molar-refractivity contribution >= 4 is 26.7 Å². The summed E-state index contributed by atoms with van der Waals surface area (Å²) in [5, 5.41) is 0. The van der Waals surface area contributed by atoms with E-state index in [0.717, 1.165) is 28.7 Å². The molecule has 5 aromatic rings. The van der Waals surface area contributed by atoms with Gasteiger partial charge in [0.05, 0.1) is 15.9 Å². The second kappa shape index (κ2) is 8.96. The molecule has 0 unspecified atom stereocenters. The largest absolute Gasteiger partial charge is 0.319 e. The fourth-order valence-corrected chi connectivity index (χ4v) is 4.97. The Morgan fingerprint density at radius 1 is 0.857 bits per heavy atom. The summed E-state index contributed by atoms with van der Waals surface area (Å²) in [5.74, 6) is -1.66. The lowest BCUT2D eigenvalue weighted by atomic mass is 10.1. The van der Waals surface area contributed by atoms with E-state index in [1.54, 1.807) is 18.2 Å². The van der Waals surface area contributed by atoms with Crippen LogP contribution in [-0.4, -0.2) is 18.0 Å². The third-order valence-corrected chi connectivity index (χ3v) is 7.07. The molecule has 35 heavy (non-hydrogen) atoms. The van der Waals surface area contributed by atoms with E-state index in [0.29, 0.717) is 24.0 Å². The number of benzene rings is 4. The molecule has 1 N–H and O–H groups in total.